The lowest BCUT2D eigenvalue weighted by atomic mass is 10.1. The third-order valence-electron chi connectivity index (χ3n) is 3.90. The van der Waals surface area contributed by atoms with E-state index >= 15 is 0 Å². The topological polar surface area (TPSA) is 37.0 Å². The summed E-state index contributed by atoms with van der Waals surface area (Å²) in [5, 5.41) is 4.86. The zero-order valence-corrected chi connectivity index (χ0v) is 12.4. The van der Waals surface area contributed by atoms with Crippen molar-refractivity contribution in [2.24, 2.45) is 0 Å². The summed E-state index contributed by atoms with van der Waals surface area (Å²) in [5.41, 5.74) is 3.76. The lowest BCUT2D eigenvalue weighted by Gasteiger charge is -2.15. The second-order valence-corrected chi connectivity index (χ2v) is 5.23. The van der Waals surface area contributed by atoms with Gasteiger partial charge in [-0.25, -0.2) is 0 Å². The number of aromatic nitrogens is 1. The Kier molecular flexibility index (Phi) is 3.93. The van der Waals surface area contributed by atoms with Crippen LogP contribution in [0.15, 0.2) is 54.7 Å². The van der Waals surface area contributed by atoms with Crippen LogP contribution in [0, 0.1) is 0 Å². The highest BCUT2D eigenvalue weighted by molar-refractivity contribution is 5.82. The van der Waals surface area contributed by atoms with Gasteiger partial charge in [0.2, 0.25) is 0 Å². The fourth-order valence-corrected chi connectivity index (χ4v) is 2.58. The van der Waals surface area contributed by atoms with Gasteiger partial charge >= 0.3 is 0 Å². The van der Waals surface area contributed by atoms with Gasteiger partial charge in [-0.1, -0.05) is 24.3 Å². The molecule has 1 aromatic heterocycles. The van der Waals surface area contributed by atoms with Crippen LogP contribution in [0.4, 0.5) is 0 Å². The first-order valence-electron chi connectivity index (χ1n) is 7.20. The molecule has 0 amide bonds. The molecule has 21 heavy (non-hydrogen) atoms. The first-order chi connectivity index (χ1) is 10.3. The molecule has 3 rings (SSSR count). The molecule has 3 heteroatoms. The van der Waals surface area contributed by atoms with Crippen molar-refractivity contribution >= 4 is 10.9 Å². The largest absolute Gasteiger partial charge is 0.497 e. The molecule has 0 spiro atoms. The van der Waals surface area contributed by atoms with Crippen molar-refractivity contribution in [1.82, 2.24) is 10.3 Å². The van der Waals surface area contributed by atoms with E-state index in [1.807, 2.05) is 18.3 Å². The Balaban J connectivity index is 1.70. The predicted molar refractivity (Wildman–Crippen MR) is 86.5 cm³/mol. The fraction of sp³-hybridized carbons (Fsp3) is 0.222. The van der Waals surface area contributed by atoms with Crippen LogP contribution in [0.1, 0.15) is 24.1 Å². The number of H-pyrrole nitrogens is 1. The number of hydrogen-bond acceptors (Lipinski definition) is 2. The van der Waals surface area contributed by atoms with Gasteiger partial charge in [-0.3, -0.25) is 0 Å². The number of benzene rings is 2. The number of methoxy groups -OCH3 is 1. The molecule has 0 saturated carbocycles. The van der Waals surface area contributed by atoms with Crippen LogP contribution < -0.4 is 10.1 Å². The van der Waals surface area contributed by atoms with Crippen molar-refractivity contribution in [3.63, 3.8) is 0 Å². The molecule has 2 N–H and O–H groups in total. The maximum Gasteiger partial charge on any atom is 0.118 e. The third-order valence-corrected chi connectivity index (χ3v) is 3.90. The average Bonchev–Trinajstić information content (AvgIpc) is 3.02. The molecular formula is C18H20N2O. The highest BCUT2D eigenvalue weighted by atomic mass is 16.5. The van der Waals surface area contributed by atoms with Gasteiger partial charge in [0.1, 0.15) is 5.75 Å². The summed E-state index contributed by atoms with van der Waals surface area (Å²) in [6.07, 6.45) is 1.99. The van der Waals surface area contributed by atoms with Crippen LogP contribution in [0.2, 0.25) is 0 Å². The predicted octanol–water partition coefficient (Wildman–Crippen LogP) is 4.03. The Labute approximate surface area is 125 Å². The van der Waals surface area contributed by atoms with Crippen LogP contribution in [0.3, 0.4) is 0 Å². The summed E-state index contributed by atoms with van der Waals surface area (Å²) in [5.74, 6) is 0.892. The van der Waals surface area contributed by atoms with Crippen LogP contribution >= 0.6 is 0 Å². The number of rotatable bonds is 5. The Bertz CT molecular complexity index is 715. The minimum atomic E-state index is 0.296. The molecule has 3 aromatic rings. The summed E-state index contributed by atoms with van der Waals surface area (Å²) in [7, 11) is 1.69. The molecule has 3 nitrogen and oxygen atoms in total. The van der Waals surface area contributed by atoms with Gasteiger partial charge in [-0.2, -0.15) is 0 Å². The van der Waals surface area contributed by atoms with Crippen molar-refractivity contribution in [3.8, 4) is 5.75 Å². The maximum atomic E-state index is 5.19. The average molecular weight is 280 g/mol. The monoisotopic (exact) mass is 280 g/mol. The minimum absolute atomic E-state index is 0.296. The summed E-state index contributed by atoms with van der Waals surface area (Å²) >= 11 is 0. The van der Waals surface area contributed by atoms with Gasteiger partial charge in [0, 0.05) is 29.7 Å². The molecule has 0 aliphatic rings. The molecule has 0 aliphatic carbocycles. The van der Waals surface area contributed by atoms with E-state index in [1.54, 1.807) is 7.11 Å². The van der Waals surface area contributed by atoms with Gasteiger partial charge < -0.3 is 15.0 Å². The van der Waals surface area contributed by atoms with E-state index in [0.29, 0.717) is 6.04 Å². The Morgan fingerprint density at radius 3 is 2.67 bits per heavy atom. The van der Waals surface area contributed by atoms with Gasteiger partial charge in [0.25, 0.3) is 0 Å². The van der Waals surface area contributed by atoms with Crippen LogP contribution in [-0.2, 0) is 6.54 Å². The van der Waals surface area contributed by atoms with E-state index < -0.39 is 0 Å². The van der Waals surface area contributed by atoms with E-state index in [9.17, 15) is 0 Å². The lowest BCUT2D eigenvalue weighted by Crippen LogP contribution is -2.18. The highest BCUT2D eigenvalue weighted by Gasteiger charge is 2.07. The standard InChI is InChI=1S/C18H20N2O/c1-13(14-6-8-16(21-2)9-7-14)20-12-15-4-3-5-18-17(15)10-11-19-18/h3-11,13,19-20H,12H2,1-2H3/t13-/m0/s1. The number of hydrogen-bond donors (Lipinski definition) is 2. The van der Waals surface area contributed by atoms with E-state index in [0.717, 1.165) is 12.3 Å². The second kappa shape index (κ2) is 6.02. The maximum absolute atomic E-state index is 5.19. The molecule has 0 unspecified atom stereocenters. The number of nitrogens with one attached hydrogen (secondary N) is 2. The zero-order valence-electron chi connectivity index (χ0n) is 12.4. The third kappa shape index (κ3) is 2.93. The zero-order chi connectivity index (χ0) is 14.7. The van der Waals surface area contributed by atoms with Crippen LogP contribution in [0.5, 0.6) is 5.75 Å². The van der Waals surface area contributed by atoms with Gasteiger partial charge in [-0.15, -0.1) is 0 Å². The lowest BCUT2D eigenvalue weighted by molar-refractivity contribution is 0.414. The number of aromatic amines is 1. The van der Waals surface area contributed by atoms with Crippen molar-refractivity contribution in [2.75, 3.05) is 7.11 Å². The molecule has 0 saturated heterocycles. The second-order valence-electron chi connectivity index (χ2n) is 5.23. The summed E-state index contributed by atoms with van der Waals surface area (Å²) in [6.45, 7) is 3.03. The van der Waals surface area contributed by atoms with E-state index in [-0.39, 0.29) is 0 Å². The minimum Gasteiger partial charge on any atom is -0.497 e. The molecule has 108 valence electrons. The molecular weight excluding hydrogens is 260 g/mol. The molecule has 0 fully saturated rings. The van der Waals surface area contributed by atoms with Gasteiger partial charge in [0.15, 0.2) is 0 Å². The molecule has 1 atom stereocenters. The number of ether oxygens (including phenoxy) is 1. The van der Waals surface area contributed by atoms with Crippen LogP contribution in [0.25, 0.3) is 10.9 Å². The quantitative estimate of drug-likeness (QED) is 0.740. The molecule has 2 aromatic carbocycles. The van der Waals surface area contributed by atoms with Gasteiger partial charge in [-0.05, 0) is 42.3 Å². The summed E-state index contributed by atoms with van der Waals surface area (Å²) < 4.78 is 5.19. The van der Waals surface area contributed by atoms with Crippen molar-refractivity contribution < 1.29 is 4.74 Å². The number of fused-ring (bicyclic) bond motifs is 1. The summed E-state index contributed by atoms with van der Waals surface area (Å²) in [6, 6.07) is 17.0. The Hall–Kier alpha value is -2.26. The molecule has 0 radical (unpaired) electrons. The van der Waals surface area contributed by atoms with E-state index in [1.165, 1.54) is 22.0 Å². The summed E-state index contributed by atoms with van der Waals surface area (Å²) in [4.78, 5) is 3.25. The first-order valence-corrected chi connectivity index (χ1v) is 7.20. The van der Waals surface area contributed by atoms with Crippen LogP contribution in [-0.4, -0.2) is 12.1 Å². The highest BCUT2D eigenvalue weighted by Crippen LogP contribution is 2.20. The van der Waals surface area contributed by atoms with Crippen molar-refractivity contribution in [1.29, 1.82) is 0 Å². The fourth-order valence-electron chi connectivity index (χ4n) is 2.58. The first kappa shape index (κ1) is 13.7. The normalized spacial score (nSPS) is 12.5. The SMILES string of the molecule is COc1ccc([C@H](C)NCc2cccc3[nH]ccc23)cc1. The Morgan fingerprint density at radius 1 is 1.10 bits per heavy atom. The van der Waals surface area contributed by atoms with E-state index in [4.69, 9.17) is 4.74 Å². The van der Waals surface area contributed by atoms with Crippen molar-refractivity contribution in [2.45, 2.75) is 19.5 Å². The molecule has 1 heterocycles. The van der Waals surface area contributed by atoms with Gasteiger partial charge in [0.05, 0.1) is 7.11 Å². The smallest absolute Gasteiger partial charge is 0.118 e. The van der Waals surface area contributed by atoms with E-state index in [2.05, 4.69) is 53.6 Å². The molecule has 0 aliphatic heterocycles. The molecule has 0 bridgehead atoms. The Morgan fingerprint density at radius 2 is 1.90 bits per heavy atom. The van der Waals surface area contributed by atoms with Crippen molar-refractivity contribution in [3.05, 3.63) is 65.9 Å².